The van der Waals surface area contributed by atoms with E-state index in [9.17, 15) is 9.59 Å². The number of esters is 1. The summed E-state index contributed by atoms with van der Waals surface area (Å²) in [5.74, 6) is 1.21. The molecule has 5 heteroatoms. The third kappa shape index (κ3) is 9.74. The van der Waals surface area contributed by atoms with E-state index >= 15 is 0 Å². The summed E-state index contributed by atoms with van der Waals surface area (Å²) in [6.07, 6.45) is 19.4. The van der Waals surface area contributed by atoms with Crippen molar-refractivity contribution in [1.82, 2.24) is 0 Å². The summed E-state index contributed by atoms with van der Waals surface area (Å²) in [6, 6.07) is 0. The van der Waals surface area contributed by atoms with Crippen molar-refractivity contribution in [3.8, 4) is 0 Å². The largest absolute Gasteiger partial charge is 0.458 e. The van der Waals surface area contributed by atoms with Crippen molar-refractivity contribution in [2.45, 2.75) is 90.9 Å². The van der Waals surface area contributed by atoms with Crippen molar-refractivity contribution in [2.24, 2.45) is 5.41 Å². The predicted octanol–water partition coefficient (Wildman–Crippen LogP) is 7.95. The molecule has 2 unspecified atom stereocenters. The van der Waals surface area contributed by atoms with Crippen molar-refractivity contribution in [1.29, 1.82) is 0 Å². The highest BCUT2D eigenvalue weighted by Gasteiger charge is 2.33. The second-order valence-corrected chi connectivity index (χ2v) is 12.5. The zero-order valence-corrected chi connectivity index (χ0v) is 22.5. The van der Waals surface area contributed by atoms with Gasteiger partial charge < -0.3 is 4.74 Å². The van der Waals surface area contributed by atoms with Crippen LogP contribution in [0.4, 0.5) is 0 Å². The smallest absolute Gasteiger partial charge is 0.306 e. The van der Waals surface area contributed by atoms with Crippen LogP contribution in [0.1, 0.15) is 79.6 Å². The SMILES string of the molecule is CC1=C(/C=C/C(C)=C/C=C/C(C)=C/C=O)C(C)(C)CCC1OC(=O)CCCCC1CCSS1. The van der Waals surface area contributed by atoms with Gasteiger partial charge in [-0.25, -0.2) is 0 Å². The van der Waals surface area contributed by atoms with Crippen LogP contribution >= 0.6 is 21.6 Å². The van der Waals surface area contributed by atoms with Crippen molar-refractivity contribution < 1.29 is 14.3 Å². The van der Waals surface area contributed by atoms with Crippen LogP contribution in [-0.4, -0.2) is 29.4 Å². The molecule has 1 heterocycles. The number of ether oxygens (including phenoxy) is 1. The van der Waals surface area contributed by atoms with Crippen LogP contribution in [0.15, 0.2) is 58.7 Å². The molecule has 1 aliphatic carbocycles. The van der Waals surface area contributed by atoms with Gasteiger partial charge in [0.2, 0.25) is 0 Å². The average Bonchev–Trinajstić information content (AvgIpc) is 3.27. The second-order valence-electron chi connectivity index (χ2n) is 9.72. The molecule has 33 heavy (non-hydrogen) atoms. The van der Waals surface area contributed by atoms with Gasteiger partial charge in [-0.3, -0.25) is 9.59 Å². The molecule has 0 bridgehead atoms. The van der Waals surface area contributed by atoms with Crippen LogP contribution in [0.5, 0.6) is 0 Å². The minimum atomic E-state index is -0.118. The summed E-state index contributed by atoms with van der Waals surface area (Å²) >= 11 is 0. The minimum Gasteiger partial charge on any atom is -0.458 e. The Morgan fingerprint density at radius 3 is 2.58 bits per heavy atom. The number of unbranched alkanes of at least 4 members (excludes halogenated alkanes) is 1. The first-order chi connectivity index (χ1) is 15.7. The van der Waals surface area contributed by atoms with Gasteiger partial charge in [0, 0.05) is 17.4 Å². The van der Waals surface area contributed by atoms with Gasteiger partial charge in [-0.1, -0.05) is 77.8 Å². The lowest BCUT2D eigenvalue weighted by atomic mass is 9.71. The monoisotopic (exact) mass is 488 g/mol. The number of hydrogen-bond acceptors (Lipinski definition) is 5. The van der Waals surface area contributed by atoms with Crippen LogP contribution in [0.25, 0.3) is 0 Å². The van der Waals surface area contributed by atoms with Crippen LogP contribution in [0, 0.1) is 5.41 Å². The fourth-order valence-corrected chi connectivity index (χ4v) is 7.29. The maximum Gasteiger partial charge on any atom is 0.306 e. The van der Waals surface area contributed by atoms with E-state index in [-0.39, 0.29) is 17.5 Å². The third-order valence-corrected chi connectivity index (χ3v) is 9.40. The Morgan fingerprint density at radius 1 is 1.12 bits per heavy atom. The van der Waals surface area contributed by atoms with Gasteiger partial charge in [0.25, 0.3) is 0 Å². The Hall–Kier alpha value is -1.46. The zero-order valence-electron chi connectivity index (χ0n) is 20.9. The Labute approximate surface area is 208 Å². The molecule has 0 radical (unpaired) electrons. The molecule has 2 rings (SSSR count). The minimum absolute atomic E-state index is 0.0554. The highest BCUT2D eigenvalue weighted by Crippen LogP contribution is 2.42. The van der Waals surface area contributed by atoms with E-state index < -0.39 is 0 Å². The topological polar surface area (TPSA) is 43.4 Å². The summed E-state index contributed by atoms with van der Waals surface area (Å²) in [6.45, 7) is 10.6. The van der Waals surface area contributed by atoms with Gasteiger partial charge in [-0.15, -0.1) is 0 Å². The van der Waals surface area contributed by atoms with E-state index in [1.807, 2.05) is 46.7 Å². The lowest BCUT2D eigenvalue weighted by Crippen LogP contribution is -2.30. The summed E-state index contributed by atoms with van der Waals surface area (Å²) in [4.78, 5) is 23.0. The predicted molar refractivity (Wildman–Crippen MR) is 144 cm³/mol. The van der Waals surface area contributed by atoms with Crippen LogP contribution in [0.2, 0.25) is 0 Å². The molecule has 1 saturated heterocycles. The third-order valence-electron chi connectivity index (χ3n) is 6.39. The number of carbonyl (C=O) groups is 2. The van der Waals surface area contributed by atoms with Crippen LogP contribution in [0.3, 0.4) is 0 Å². The Bertz CT molecular complexity index is 824. The molecular weight excluding hydrogens is 448 g/mol. The van der Waals surface area contributed by atoms with Gasteiger partial charge in [0.15, 0.2) is 0 Å². The standard InChI is InChI=1S/C28H40O3S2/c1-21(9-8-10-22(2)16-19-29)13-14-25-23(3)26(15-18-28(25,4)5)31-27(30)12-7-6-11-24-17-20-32-33-24/h8-10,13-14,16,19,24,26H,6-7,11-12,15,17-18,20H2,1-5H3/b10-8+,14-13+,21-9+,22-16+. The number of hydrogen-bond donors (Lipinski definition) is 0. The fourth-order valence-electron chi connectivity index (χ4n) is 4.26. The maximum atomic E-state index is 12.5. The lowest BCUT2D eigenvalue weighted by Gasteiger charge is -2.37. The van der Waals surface area contributed by atoms with Crippen molar-refractivity contribution in [2.75, 3.05) is 5.75 Å². The quantitative estimate of drug-likeness (QED) is 0.0737. The number of aldehydes is 1. The number of rotatable bonds is 11. The Balaban J connectivity index is 1.94. The summed E-state index contributed by atoms with van der Waals surface area (Å²) in [7, 11) is 3.98. The van der Waals surface area contributed by atoms with E-state index in [2.05, 4.69) is 39.8 Å². The molecule has 0 saturated carbocycles. The van der Waals surface area contributed by atoms with E-state index in [0.717, 1.165) is 48.4 Å². The highest BCUT2D eigenvalue weighted by atomic mass is 33.1. The first kappa shape index (κ1) is 27.8. The molecule has 182 valence electrons. The molecule has 0 aromatic carbocycles. The van der Waals surface area contributed by atoms with Crippen molar-refractivity contribution in [3.63, 3.8) is 0 Å². The number of allylic oxidation sites excluding steroid dienone is 9. The first-order valence-corrected chi connectivity index (χ1v) is 14.5. The average molecular weight is 489 g/mol. The van der Waals surface area contributed by atoms with Gasteiger partial charge in [0.05, 0.1) is 0 Å². The van der Waals surface area contributed by atoms with Gasteiger partial charge in [0.1, 0.15) is 12.4 Å². The Kier molecular flexibility index (Phi) is 11.8. The summed E-state index contributed by atoms with van der Waals surface area (Å²) in [5.41, 5.74) is 4.53. The lowest BCUT2D eigenvalue weighted by molar-refractivity contribution is -0.148. The molecule has 1 aliphatic heterocycles. The van der Waals surface area contributed by atoms with Crippen molar-refractivity contribution in [3.05, 3.63) is 58.7 Å². The van der Waals surface area contributed by atoms with Gasteiger partial charge in [-0.05, 0) is 81.1 Å². The van der Waals surface area contributed by atoms with E-state index in [0.29, 0.717) is 6.42 Å². The van der Waals surface area contributed by atoms with E-state index in [1.165, 1.54) is 29.7 Å². The molecule has 1 fully saturated rings. The summed E-state index contributed by atoms with van der Waals surface area (Å²) in [5, 5.41) is 0.774. The molecule has 0 amide bonds. The number of carbonyl (C=O) groups excluding carboxylic acids is 2. The fraction of sp³-hybridized carbons (Fsp3) is 0.571. The van der Waals surface area contributed by atoms with Crippen molar-refractivity contribution >= 4 is 33.8 Å². The van der Waals surface area contributed by atoms with Gasteiger partial charge in [-0.2, -0.15) is 0 Å². The Morgan fingerprint density at radius 2 is 1.88 bits per heavy atom. The van der Waals surface area contributed by atoms with E-state index in [4.69, 9.17) is 4.74 Å². The van der Waals surface area contributed by atoms with Gasteiger partial charge >= 0.3 is 5.97 Å². The summed E-state index contributed by atoms with van der Waals surface area (Å²) < 4.78 is 5.92. The maximum absolute atomic E-state index is 12.5. The van der Waals surface area contributed by atoms with Crippen LogP contribution < -0.4 is 0 Å². The molecule has 0 aromatic rings. The second kappa shape index (κ2) is 14.1. The molecular formula is C28H40O3S2. The van der Waals surface area contributed by atoms with E-state index in [1.54, 1.807) is 6.08 Å². The van der Waals surface area contributed by atoms with Crippen LogP contribution in [-0.2, 0) is 14.3 Å². The molecule has 0 aromatic heterocycles. The molecule has 3 nitrogen and oxygen atoms in total. The normalized spacial score (nSPS) is 24.2. The first-order valence-electron chi connectivity index (χ1n) is 12.1. The molecule has 2 aliphatic rings. The molecule has 2 atom stereocenters. The highest BCUT2D eigenvalue weighted by molar-refractivity contribution is 8.77. The molecule has 0 N–H and O–H groups in total. The molecule has 0 spiro atoms. The zero-order chi connectivity index (χ0) is 24.3.